The molecule has 0 bridgehead atoms. The van der Waals surface area contributed by atoms with Crippen molar-refractivity contribution in [1.29, 1.82) is 0 Å². The molecule has 0 aromatic heterocycles. The molecular weight excluding hydrogens is 248 g/mol. The summed E-state index contributed by atoms with van der Waals surface area (Å²) in [7, 11) is 1.46. The molecule has 6 N–H and O–H groups in total. The van der Waals surface area contributed by atoms with Crippen LogP contribution in [0.5, 0.6) is 5.75 Å². The lowest BCUT2D eigenvalue weighted by atomic mass is 10.2. The molecule has 7 nitrogen and oxygen atoms in total. The maximum absolute atomic E-state index is 11.5. The Bertz CT molecular complexity index is 462. The predicted octanol–water partition coefficient (Wildman–Crippen LogP) is 0.863. The number of hydrogen-bond acceptors (Lipinski definition) is 4. The van der Waals surface area contributed by atoms with Crippen LogP contribution in [0.2, 0.25) is 0 Å². The average molecular weight is 266 g/mol. The van der Waals surface area contributed by atoms with Crippen LogP contribution in [0.4, 0.5) is 16.2 Å². The summed E-state index contributed by atoms with van der Waals surface area (Å²) in [6, 6.07) is 4.17. The highest BCUT2D eigenvalue weighted by atomic mass is 16.5. The maximum atomic E-state index is 11.5. The van der Waals surface area contributed by atoms with Crippen LogP contribution in [0.3, 0.4) is 0 Å². The van der Waals surface area contributed by atoms with Crippen molar-refractivity contribution in [2.24, 2.45) is 11.5 Å². The van der Waals surface area contributed by atoms with Crippen molar-refractivity contribution in [1.82, 2.24) is 0 Å². The van der Waals surface area contributed by atoms with E-state index in [0.29, 0.717) is 36.5 Å². The predicted molar refractivity (Wildman–Crippen MR) is 73.1 cm³/mol. The van der Waals surface area contributed by atoms with Crippen LogP contribution >= 0.6 is 0 Å². The van der Waals surface area contributed by atoms with Gasteiger partial charge in [-0.2, -0.15) is 0 Å². The molecule has 0 aliphatic heterocycles. The fourth-order valence-corrected chi connectivity index (χ4v) is 1.49. The first-order chi connectivity index (χ1) is 9.06. The highest BCUT2D eigenvalue weighted by molar-refractivity contribution is 5.93. The number of ether oxygens (including phenoxy) is 1. The molecule has 0 saturated carbocycles. The number of primary amides is 1. The number of carbonyl (C=O) groups is 2. The highest BCUT2D eigenvalue weighted by Crippen LogP contribution is 2.27. The van der Waals surface area contributed by atoms with Gasteiger partial charge in [-0.05, 0) is 25.1 Å². The fourth-order valence-electron chi connectivity index (χ4n) is 1.49. The Balaban J connectivity index is 2.76. The highest BCUT2D eigenvalue weighted by Gasteiger charge is 2.08. The second-order valence-corrected chi connectivity index (χ2v) is 3.84. The smallest absolute Gasteiger partial charge is 0.316 e. The summed E-state index contributed by atoms with van der Waals surface area (Å²) in [4.78, 5) is 22.3. The minimum atomic E-state index is -0.682. The first-order valence-electron chi connectivity index (χ1n) is 5.81. The third kappa shape index (κ3) is 4.84. The van der Waals surface area contributed by atoms with Crippen molar-refractivity contribution in [3.8, 4) is 5.75 Å². The molecule has 7 heteroatoms. The van der Waals surface area contributed by atoms with E-state index in [4.69, 9.17) is 16.2 Å². The third-order valence-corrected chi connectivity index (χ3v) is 2.35. The van der Waals surface area contributed by atoms with Crippen molar-refractivity contribution in [2.45, 2.75) is 12.8 Å². The molecule has 0 unspecified atom stereocenters. The van der Waals surface area contributed by atoms with Crippen LogP contribution in [0, 0.1) is 0 Å². The van der Waals surface area contributed by atoms with E-state index in [1.807, 2.05) is 0 Å². The van der Waals surface area contributed by atoms with Crippen molar-refractivity contribution in [3.63, 3.8) is 0 Å². The molecule has 0 atom stereocenters. The summed E-state index contributed by atoms with van der Waals surface area (Å²) in [5, 5.41) is 5.14. The fraction of sp³-hybridized carbons (Fsp3) is 0.333. The lowest BCUT2D eigenvalue weighted by Gasteiger charge is -2.11. The number of methoxy groups -OCH3 is 1. The average Bonchev–Trinajstić information content (AvgIpc) is 2.37. The summed E-state index contributed by atoms with van der Waals surface area (Å²) in [5.74, 6) is 0.290. The van der Waals surface area contributed by atoms with Crippen LogP contribution in [-0.2, 0) is 4.79 Å². The molecule has 0 heterocycles. The Morgan fingerprint density at radius 2 is 2.05 bits per heavy atom. The van der Waals surface area contributed by atoms with Crippen molar-refractivity contribution >= 4 is 23.3 Å². The molecule has 19 heavy (non-hydrogen) atoms. The Kier molecular flexibility index (Phi) is 5.62. The van der Waals surface area contributed by atoms with Gasteiger partial charge in [-0.3, -0.25) is 4.79 Å². The van der Waals surface area contributed by atoms with E-state index in [1.54, 1.807) is 18.2 Å². The number of nitrogens with one attached hydrogen (secondary N) is 2. The van der Waals surface area contributed by atoms with Gasteiger partial charge in [0.05, 0.1) is 12.8 Å². The summed E-state index contributed by atoms with van der Waals surface area (Å²) in [5.41, 5.74) is 11.4. The first-order valence-corrected chi connectivity index (χ1v) is 5.81. The topological polar surface area (TPSA) is 119 Å². The van der Waals surface area contributed by atoms with Gasteiger partial charge in [0, 0.05) is 18.2 Å². The number of urea groups is 1. The van der Waals surface area contributed by atoms with Crippen molar-refractivity contribution in [3.05, 3.63) is 18.2 Å². The van der Waals surface area contributed by atoms with Crippen LogP contribution in [-0.4, -0.2) is 25.6 Å². The van der Waals surface area contributed by atoms with Crippen LogP contribution in [0.15, 0.2) is 18.2 Å². The molecule has 0 aliphatic carbocycles. The van der Waals surface area contributed by atoms with Crippen molar-refractivity contribution < 1.29 is 14.3 Å². The SMILES string of the molecule is COc1cc(NC(=O)CCCN)ccc1NC(N)=O. The zero-order chi connectivity index (χ0) is 14.3. The monoisotopic (exact) mass is 266 g/mol. The van der Waals surface area contributed by atoms with E-state index in [9.17, 15) is 9.59 Å². The molecule has 104 valence electrons. The van der Waals surface area contributed by atoms with Crippen LogP contribution in [0.25, 0.3) is 0 Å². The van der Waals surface area contributed by atoms with Gasteiger partial charge < -0.3 is 26.8 Å². The molecule has 0 fully saturated rings. The molecule has 1 aromatic carbocycles. The second-order valence-electron chi connectivity index (χ2n) is 3.84. The maximum Gasteiger partial charge on any atom is 0.316 e. The van der Waals surface area contributed by atoms with E-state index in [1.165, 1.54) is 7.11 Å². The first kappa shape index (κ1) is 14.8. The largest absolute Gasteiger partial charge is 0.494 e. The minimum Gasteiger partial charge on any atom is -0.494 e. The number of amides is 3. The molecule has 1 rings (SSSR count). The summed E-state index contributed by atoms with van der Waals surface area (Å²) >= 11 is 0. The normalized spacial score (nSPS) is 9.79. The summed E-state index contributed by atoms with van der Waals surface area (Å²) in [6.45, 7) is 0.470. The standard InChI is InChI=1S/C12H18N4O3/c1-19-10-7-8(15-11(17)3-2-6-13)4-5-9(10)16-12(14)18/h4-5,7H,2-3,6,13H2,1H3,(H,15,17)(H3,14,16,18). The lowest BCUT2D eigenvalue weighted by Crippen LogP contribution is -2.20. The molecule has 0 saturated heterocycles. The van der Waals surface area contributed by atoms with Gasteiger partial charge in [-0.25, -0.2) is 4.79 Å². The molecular formula is C12H18N4O3. The van der Waals surface area contributed by atoms with E-state index in [2.05, 4.69) is 10.6 Å². The number of benzene rings is 1. The van der Waals surface area contributed by atoms with Crippen molar-refractivity contribution in [2.75, 3.05) is 24.3 Å². The number of rotatable bonds is 6. The Labute approximate surface area is 111 Å². The number of hydrogen-bond donors (Lipinski definition) is 4. The van der Waals surface area contributed by atoms with Gasteiger partial charge in [-0.1, -0.05) is 0 Å². The third-order valence-electron chi connectivity index (χ3n) is 2.35. The van der Waals surface area contributed by atoms with Gasteiger partial charge in [-0.15, -0.1) is 0 Å². The molecule has 1 aromatic rings. The van der Waals surface area contributed by atoms with E-state index in [0.717, 1.165) is 0 Å². The molecule has 3 amide bonds. The summed E-state index contributed by atoms with van der Waals surface area (Å²) in [6.07, 6.45) is 0.990. The number of anilines is 2. The minimum absolute atomic E-state index is 0.122. The molecule has 0 aliphatic rings. The second kappa shape index (κ2) is 7.22. The summed E-state index contributed by atoms with van der Waals surface area (Å²) < 4.78 is 5.11. The number of carbonyl (C=O) groups excluding carboxylic acids is 2. The Morgan fingerprint density at radius 1 is 1.32 bits per heavy atom. The molecule has 0 radical (unpaired) electrons. The quantitative estimate of drug-likeness (QED) is 0.610. The Morgan fingerprint density at radius 3 is 2.63 bits per heavy atom. The van der Waals surface area contributed by atoms with Gasteiger partial charge in [0.1, 0.15) is 5.75 Å². The van der Waals surface area contributed by atoms with Crippen LogP contribution in [0.1, 0.15) is 12.8 Å². The number of nitrogens with two attached hydrogens (primary N) is 2. The zero-order valence-corrected chi connectivity index (χ0v) is 10.7. The van der Waals surface area contributed by atoms with Gasteiger partial charge in [0.25, 0.3) is 0 Å². The van der Waals surface area contributed by atoms with Gasteiger partial charge in [0.15, 0.2) is 0 Å². The van der Waals surface area contributed by atoms with Gasteiger partial charge >= 0.3 is 6.03 Å². The lowest BCUT2D eigenvalue weighted by molar-refractivity contribution is -0.116. The van der Waals surface area contributed by atoms with Crippen LogP contribution < -0.4 is 26.8 Å². The zero-order valence-electron chi connectivity index (χ0n) is 10.7. The van der Waals surface area contributed by atoms with E-state index < -0.39 is 6.03 Å². The van der Waals surface area contributed by atoms with E-state index in [-0.39, 0.29) is 5.91 Å². The van der Waals surface area contributed by atoms with E-state index >= 15 is 0 Å². The van der Waals surface area contributed by atoms with Gasteiger partial charge in [0.2, 0.25) is 5.91 Å². The molecule has 0 spiro atoms. The Hall–Kier alpha value is -2.28.